The second kappa shape index (κ2) is 5.63. The van der Waals surface area contributed by atoms with Crippen molar-refractivity contribution in [1.82, 2.24) is 9.80 Å². The molecule has 0 saturated carbocycles. The fourth-order valence-electron chi connectivity index (χ4n) is 3.67. The summed E-state index contributed by atoms with van der Waals surface area (Å²) in [6.45, 7) is 5.50. The number of hydrogen-bond donors (Lipinski definition) is 0. The first-order valence-corrected chi connectivity index (χ1v) is 8.27. The zero-order valence-corrected chi connectivity index (χ0v) is 12.4. The minimum atomic E-state index is 0.250. The number of hydrogen-bond acceptors (Lipinski definition) is 3. The highest BCUT2D eigenvalue weighted by molar-refractivity contribution is 7.12. The van der Waals surface area contributed by atoms with Crippen molar-refractivity contribution in [2.24, 2.45) is 0 Å². The molecule has 4 heteroatoms. The molecular weight excluding hydrogens is 256 g/mol. The lowest BCUT2D eigenvalue weighted by Crippen LogP contribution is -2.48. The van der Waals surface area contributed by atoms with Gasteiger partial charge in [0.15, 0.2) is 0 Å². The van der Waals surface area contributed by atoms with Crippen LogP contribution in [0.15, 0.2) is 17.5 Å². The number of thiophene rings is 1. The number of carbonyl (C=O) groups is 1. The molecule has 0 spiro atoms. The molecule has 2 fully saturated rings. The molecule has 1 aromatic heterocycles. The summed E-state index contributed by atoms with van der Waals surface area (Å²) in [6, 6.07) is 4.96. The van der Waals surface area contributed by atoms with Crippen LogP contribution < -0.4 is 0 Å². The highest BCUT2D eigenvalue weighted by atomic mass is 32.1. The maximum atomic E-state index is 12.6. The zero-order valence-electron chi connectivity index (χ0n) is 11.5. The second-order valence-corrected chi connectivity index (χ2v) is 6.47. The summed E-state index contributed by atoms with van der Waals surface area (Å²) in [6.07, 6.45) is 4.89. The minimum absolute atomic E-state index is 0.250. The fourth-order valence-corrected chi connectivity index (χ4v) is 4.35. The van der Waals surface area contributed by atoms with Gasteiger partial charge in [0, 0.05) is 18.6 Å². The molecule has 0 unspecified atom stereocenters. The standard InChI is InChI=1S/C15H22N2OS/c1-2-16-9-3-6-12(16)13-7-4-10-17(13)15(18)14-8-5-11-19-14/h5,8,11-13H,2-4,6-7,9-10H2,1H3/t12-,13-/m1/s1. The van der Waals surface area contributed by atoms with Gasteiger partial charge in [-0.25, -0.2) is 0 Å². The lowest BCUT2D eigenvalue weighted by molar-refractivity contribution is 0.0655. The van der Waals surface area contributed by atoms with Crippen LogP contribution in [0.4, 0.5) is 0 Å². The first kappa shape index (κ1) is 13.1. The minimum Gasteiger partial charge on any atom is -0.333 e. The smallest absolute Gasteiger partial charge is 0.264 e. The Balaban J connectivity index is 1.76. The molecule has 2 aliphatic heterocycles. The van der Waals surface area contributed by atoms with E-state index >= 15 is 0 Å². The maximum absolute atomic E-state index is 12.6. The summed E-state index contributed by atoms with van der Waals surface area (Å²) in [5.74, 6) is 0.250. The van der Waals surface area contributed by atoms with Crippen LogP contribution in [0.5, 0.6) is 0 Å². The molecule has 3 nitrogen and oxygen atoms in total. The van der Waals surface area contributed by atoms with E-state index in [9.17, 15) is 4.79 Å². The molecule has 1 amide bonds. The number of rotatable bonds is 3. The molecule has 2 saturated heterocycles. The van der Waals surface area contributed by atoms with Crippen molar-refractivity contribution >= 4 is 17.2 Å². The molecule has 0 N–H and O–H groups in total. The van der Waals surface area contributed by atoms with Crippen LogP contribution in [0.25, 0.3) is 0 Å². The molecule has 3 heterocycles. The molecule has 1 aromatic rings. The Morgan fingerprint density at radius 3 is 2.84 bits per heavy atom. The van der Waals surface area contributed by atoms with Crippen LogP contribution in [0.1, 0.15) is 42.3 Å². The van der Waals surface area contributed by atoms with Crippen molar-refractivity contribution in [1.29, 1.82) is 0 Å². The summed E-state index contributed by atoms with van der Waals surface area (Å²) < 4.78 is 0. The number of likely N-dealkylation sites (tertiary alicyclic amines) is 2. The summed E-state index contributed by atoms with van der Waals surface area (Å²) >= 11 is 1.56. The van der Waals surface area contributed by atoms with E-state index in [0.29, 0.717) is 12.1 Å². The Labute approximate surface area is 119 Å². The first-order valence-electron chi connectivity index (χ1n) is 7.39. The maximum Gasteiger partial charge on any atom is 0.264 e. The molecule has 3 rings (SSSR count). The Hall–Kier alpha value is -0.870. The first-order chi connectivity index (χ1) is 9.31. The van der Waals surface area contributed by atoms with E-state index in [1.165, 1.54) is 25.8 Å². The number of carbonyl (C=O) groups excluding carboxylic acids is 1. The van der Waals surface area contributed by atoms with Crippen LogP contribution in [-0.2, 0) is 0 Å². The predicted molar refractivity (Wildman–Crippen MR) is 78.6 cm³/mol. The van der Waals surface area contributed by atoms with E-state index in [1.807, 2.05) is 17.5 Å². The van der Waals surface area contributed by atoms with E-state index in [-0.39, 0.29) is 5.91 Å². The summed E-state index contributed by atoms with van der Waals surface area (Å²) in [4.78, 5) is 18.2. The lowest BCUT2D eigenvalue weighted by atomic mass is 10.0. The van der Waals surface area contributed by atoms with Crippen LogP contribution >= 0.6 is 11.3 Å². The molecule has 0 aliphatic carbocycles. The third-order valence-electron chi connectivity index (χ3n) is 4.56. The SMILES string of the molecule is CCN1CCC[C@@H]1[C@H]1CCCN1C(=O)c1cccs1. The molecule has 0 aromatic carbocycles. The van der Waals surface area contributed by atoms with Crippen LogP contribution in [0.2, 0.25) is 0 Å². The zero-order chi connectivity index (χ0) is 13.2. The van der Waals surface area contributed by atoms with E-state index < -0.39 is 0 Å². The molecule has 0 bridgehead atoms. The molecule has 19 heavy (non-hydrogen) atoms. The van der Waals surface area contributed by atoms with E-state index in [0.717, 1.165) is 24.4 Å². The van der Waals surface area contributed by atoms with Crippen LogP contribution in [0.3, 0.4) is 0 Å². The van der Waals surface area contributed by atoms with Crippen molar-refractivity contribution in [3.05, 3.63) is 22.4 Å². The summed E-state index contributed by atoms with van der Waals surface area (Å²) in [5, 5.41) is 1.99. The average Bonchev–Trinajstić information content (AvgIpc) is 3.16. The second-order valence-electron chi connectivity index (χ2n) is 5.52. The van der Waals surface area contributed by atoms with Gasteiger partial charge >= 0.3 is 0 Å². The van der Waals surface area contributed by atoms with E-state index in [2.05, 4.69) is 16.7 Å². The Morgan fingerprint density at radius 2 is 2.11 bits per heavy atom. The van der Waals surface area contributed by atoms with E-state index in [4.69, 9.17) is 0 Å². The third kappa shape index (κ3) is 2.43. The van der Waals surface area contributed by atoms with Crippen molar-refractivity contribution in [2.75, 3.05) is 19.6 Å². The van der Waals surface area contributed by atoms with Gasteiger partial charge in [-0.1, -0.05) is 13.0 Å². The van der Waals surface area contributed by atoms with Crippen LogP contribution in [0, 0.1) is 0 Å². The monoisotopic (exact) mass is 278 g/mol. The fraction of sp³-hybridized carbons (Fsp3) is 0.667. The van der Waals surface area contributed by atoms with Gasteiger partial charge in [-0.3, -0.25) is 9.69 Å². The average molecular weight is 278 g/mol. The Bertz CT molecular complexity index is 431. The molecule has 2 atom stereocenters. The van der Waals surface area contributed by atoms with Gasteiger partial charge in [-0.05, 0) is 50.2 Å². The molecule has 0 radical (unpaired) electrons. The summed E-state index contributed by atoms with van der Waals surface area (Å²) in [7, 11) is 0. The van der Waals surface area contributed by atoms with Gasteiger partial charge in [0.05, 0.1) is 4.88 Å². The van der Waals surface area contributed by atoms with Gasteiger partial charge < -0.3 is 4.90 Å². The normalized spacial score (nSPS) is 28.2. The largest absolute Gasteiger partial charge is 0.333 e. The number of amides is 1. The van der Waals surface area contributed by atoms with Crippen molar-refractivity contribution in [2.45, 2.75) is 44.7 Å². The number of nitrogens with zero attached hydrogens (tertiary/aromatic N) is 2. The molecule has 2 aliphatic rings. The highest BCUT2D eigenvalue weighted by Crippen LogP contribution is 2.31. The number of likely N-dealkylation sites (N-methyl/N-ethyl adjacent to an activating group) is 1. The Morgan fingerprint density at radius 1 is 1.32 bits per heavy atom. The quantitative estimate of drug-likeness (QED) is 0.849. The Kier molecular flexibility index (Phi) is 3.89. The topological polar surface area (TPSA) is 23.6 Å². The van der Waals surface area contributed by atoms with Gasteiger partial charge in [0.25, 0.3) is 5.91 Å². The summed E-state index contributed by atoms with van der Waals surface area (Å²) in [5.41, 5.74) is 0. The van der Waals surface area contributed by atoms with Gasteiger partial charge in [0.1, 0.15) is 0 Å². The van der Waals surface area contributed by atoms with Crippen molar-refractivity contribution in [3.63, 3.8) is 0 Å². The van der Waals surface area contributed by atoms with Gasteiger partial charge in [-0.15, -0.1) is 11.3 Å². The van der Waals surface area contributed by atoms with Crippen LogP contribution in [-0.4, -0.2) is 47.4 Å². The van der Waals surface area contributed by atoms with Gasteiger partial charge in [0.2, 0.25) is 0 Å². The lowest BCUT2D eigenvalue weighted by Gasteiger charge is -2.34. The van der Waals surface area contributed by atoms with Gasteiger partial charge in [-0.2, -0.15) is 0 Å². The molecular formula is C15H22N2OS. The highest BCUT2D eigenvalue weighted by Gasteiger charge is 2.39. The van der Waals surface area contributed by atoms with E-state index in [1.54, 1.807) is 11.3 Å². The predicted octanol–water partition coefficient (Wildman–Crippen LogP) is 2.84. The van der Waals surface area contributed by atoms with Crippen molar-refractivity contribution < 1.29 is 4.79 Å². The third-order valence-corrected chi connectivity index (χ3v) is 5.41. The molecule has 104 valence electrons. The van der Waals surface area contributed by atoms with Crippen molar-refractivity contribution in [3.8, 4) is 0 Å².